The zero-order valence-electron chi connectivity index (χ0n) is 14.3. The van der Waals surface area contributed by atoms with Crippen LogP contribution in [0.25, 0.3) is 0 Å². The molecule has 126 valence electrons. The molecule has 0 unspecified atom stereocenters. The second kappa shape index (κ2) is 7.63. The van der Waals surface area contributed by atoms with Crippen molar-refractivity contribution >= 4 is 5.91 Å². The molecule has 24 heavy (non-hydrogen) atoms. The van der Waals surface area contributed by atoms with E-state index in [1.807, 2.05) is 18.2 Å². The summed E-state index contributed by atoms with van der Waals surface area (Å²) in [6.07, 6.45) is 2.34. The van der Waals surface area contributed by atoms with Gasteiger partial charge in [0.05, 0.1) is 5.41 Å². The van der Waals surface area contributed by atoms with Crippen LogP contribution in [0.15, 0.2) is 54.6 Å². The quantitative estimate of drug-likeness (QED) is 0.916. The minimum absolute atomic E-state index is 0.129. The second-order valence-corrected chi connectivity index (χ2v) is 6.56. The van der Waals surface area contributed by atoms with Gasteiger partial charge in [-0.1, -0.05) is 60.2 Å². The molecule has 1 aliphatic heterocycles. The van der Waals surface area contributed by atoms with Crippen molar-refractivity contribution in [3.63, 3.8) is 0 Å². The van der Waals surface area contributed by atoms with Gasteiger partial charge in [-0.3, -0.25) is 4.79 Å². The van der Waals surface area contributed by atoms with Gasteiger partial charge in [-0.05, 0) is 37.3 Å². The van der Waals surface area contributed by atoms with Crippen LogP contribution in [0.2, 0.25) is 0 Å². The Morgan fingerprint density at radius 2 is 1.83 bits per heavy atom. The highest BCUT2D eigenvalue weighted by atomic mass is 16.5. The van der Waals surface area contributed by atoms with Gasteiger partial charge in [0.1, 0.15) is 0 Å². The average molecular weight is 323 g/mol. The number of hydrogen-bond acceptors (Lipinski definition) is 2. The standard InChI is InChI=1S/C21H25NO2/c1-17-6-5-7-18(16-17)10-13-22-20(23)21(11-14-24-15-12-21)19-8-3-2-4-9-19/h2-9,16H,10-15H2,1H3,(H,22,23). The summed E-state index contributed by atoms with van der Waals surface area (Å²) in [6.45, 7) is 4.03. The molecular weight excluding hydrogens is 298 g/mol. The second-order valence-electron chi connectivity index (χ2n) is 6.56. The molecule has 1 N–H and O–H groups in total. The summed E-state index contributed by atoms with van der Waals surface area (Å²) in [4.78, 5) is 13.0. The number of hydrogen-bond donors (Lipinski definition) is 1. The Hall–Kier alpha value is -2.13. The monoisotopic (exact) mass is 323 g/mol. The highest BCUT2D eigenvalue weighted by Crippen LogP contribution is 2.35. The Bertz CT molecular complexity index is 675. The molecule has 0 aliphatic carbocycles. The lowest BCUT2D eigenvalue weighted by molar-refractivity contribution is -0.130. The lowest BCUT2D eigenvalue weighted by Crippen LogP contribution is -2.48. The Morgan fingerprint density at radius 1 is 1.08 bits per heavy atom. The summed E-state index contributed by atoms with van der Waals surface area (Å²) in [7, 11) is 0. The molecule has 0 saturated carbocycles. The summed E-state index contributed by atoms with van der Waals surface area (Å²) in [5.74, 6) is 0.129. The zero-order chi connectivity index (χ0) is 16.8. The maximum absolute atomic E-state index is 13.0. The summed E-state index contributed by atoms with van der Waals surface area (Å²) in [5.41, 5.74) is 3.16. The van der Waals surface area contributed by atoms with E-state index in [4.69, 9.17) is 4.74 Å². The molecule has 1 saturated heterocycles. The molecule has 0 bridgehead atoms. The van der Waals surface area contributed by atoms with Crippen LogP contribution in [0.3, 0.4) is 0 Å². The minimum Gasteiger partial charge on any atom is -0.381 e. The van der Waals surface area contributed by atoms with Crippen molar-refractivity contribution in [3.8, 4) is 0 Å². The molecule has 0 atom stereocenters. The zero-order valence-corrected chi connectivity index (χ0v) is 14.3. The number of aryl methyl sites for hydroxylation is 1. The first-order valence-corrected chi connectivity index (χ1v) is 8.68. The number of benzene rings is 2. The summed E-state index contributed by atoms with van der Waals surface area (Å²) >= 11 is 0. The number of carbonyl (C=O) groups excluding carboxylic acids is 1. The van der Waals surface area contributed by atoms with E-state index in [-0.39, 0.29) is 5.91 Å². The predicted molar refractivity (Wildman–Crippen MR) is 96.1 cm³/mol. The third kappa shape index (κ3) is 3.68. The first-order chi connectivity index (χ1) is 11.7. The molecule has 2 aromatic rings. The number of rotatable bonds is 5. The Labute approximate surface area is 144 Å². The van der Waals surface area contributed by atoms with E-state index in [9.17, 15) is 4.79 Å². The highest BCUT2D eigenvalue weighted by Gasteiger charge is 2.41. The fourth-order valence-electron chi connectivity index (χ4n) is 3.48. The minimum atomic E-state index is -0.452. The van der Waals surface area contributed by atoms with Gasteiger partial charge in [-0.15, -0.1) is 0 Å². The summed E-state index contributed by atoms with van der Waals surface area (Å²) in [5, 5.41) is 3.17. The Morgan fingerprint density at radius 3 is 2.54 bits per heavy atom. The average Bonchev–Trinajstić information content (AvgIpc) is 2.63. The van der Waals surface area contributed by atoms with E-state index in [1.54, 1.807) is 0 Å². The number of nitrogens with one attached hydrogen (secondary N) is 1. The molecule has 3 nitrogen and oxygen atoms in total. The smallest absolute Gasteiger partial charge is 0.230 e. The highest BCUT2D eigenvalue weighted by molar-refractivity contribution is 5.88. The molecule has 0 radical (unpaired) electrons. The van der Waals surface area contributed by atoms with Gasteiger partial charge in [0, 0.05) is 19.8 Å². The summed E-state index contributed by atoms with van der Waals surface area (Å²) < 4.78 is 5.50. The van der Waals surface area contributed by atoms with Crippen molar-refractivity contribution in [2.45, 2.75) is 31.6 Å². The fraction of sp³-hybridized carbons (Fsp3) is 0.381. The Kier molecular flexibility index (Phi) is 5.31. The Balaban J connectivity index is 1.68. The van der Waals surface area contributed by atoms with Gasteiger partial charge in [-0.25, -0.2) is 0 Å². The first-order valence-electron chi connectivity index (χ1n) is 8.68. The van der Waals surface area contributed by atoms with Crippen LogP contribution >= 0.6 is 0 Å². The topological polar surface area (TPSA) is 38.3 Å². The first kappa shape index (κ1) is 16.7. The van der Waals surface area contributed by atoms with Crippen LogP contribution in [0.5, 0.6) is 0 Å². The molecule has 1 aliphatic rings. The van der Waals surface area contributed by atoms with Crippen LogP contribution < -0.4 is 5.32 Å². The molecular formula is C21H25NO2. The lowest BCUT2D eigenvalue weighted by Gasteiger charge is -2.36. The van der Waals surface area contributed by atoms with Crippen molar-refractivity contribution < 1.29 is 9.53 Å². The van der Waals surface area contributed by atoms with Crippen molar-refractivity contribution in [3.05, 3.63) is 71.3 Å². The van der Waals surface area contributed by atoms with Gasteiger partial charge in [-0.2, -0.15) is 0 Å². The van der Waals surface area contributed by atoms with Crippen molar-refractivity contribution in [1.29, 1.82) is 0 Å². The lowest BCUT2D eigenvalue weighted by atomic mass is 9.73. The van der Waals surface area contributed by atoms with Crippen molar-refractivity contribution in [2.75, 3.05) is 19.8 Å². The number of carbonyl (C=O) groups is 1. The molecule has 0 aromatic heterocycles. The van der Waals surface area contributed by atoms with Gasteiger partial charge in [0.15, 0.2) is 0 Å². The van der Waals surface area contributed by atoms with E-state index in [0.717, 1.165) is 24.8 Å². The van der Waals surface area contributed by atoms with E-state index < -0.39 is 5.41 Å². The molecule has 3 heteroatoms. The summed E-state index contributed by atoms with van der Waals surface area (Å²) in [6, 6.07) is 18.6. The molecule has 1 amide bonds. The van der Waals surface area contributed by atoms with Crippen molar-refractivity contribution in [1.82, 2.24) is 5.32 Å². The van der Waals surface area contributed by atoms with E-state index in [0.29, 0.717) is 19.8 Å². The number of amides is 1. The SMILES string of the molecule is Cc1cccc(CCNC(=O)C2(c3ccccc3)CCOCC2)c1. The molecule has 0 spiro atoms. The fourth-order valence-corrected chi connectivity index (χ4v) is 3.48. The van der Waals surface area contributed by atoms with Crippen LogP contribution in [0.1, 0.15) is 29.5 Å². The van der Waals surface area contributed by atoms with Gasteiger partial charge in [0.2, 0.25) is 5.91 Å². The van der Waals surface area contributed by atoms with E-state index >= 15 is 0 Å². The van der Waals surface area contributed by atoms with Crippen LogP contribution in [0.4, 0.5) is 0 Å². The van der Waals surface area contributed by atoms with E-state index in [2.05, 4.69) is 48.6 Å². The van der Waals surface area contributed by atoms with Gasteiger partial charge < -0.3 is 10.1 Å². The molecule has 1 heterocycles. The molecule has 1 fully saturated rings. The van der Waals surface area contributed by atoms with Crippen molar-refractivity contribution in [2.24, 2.45) is 0 Å². The molecule has 2 aromatic carbocycles. The molecule has 3 rings (SSSR count). The van der Waals surface area contributed by atoms with Crippen LogP contribution in [-0.2, 0) is 21.4 Å². The third-order valence-electron chi connectivity index (χ3n) is 4.89. The van der Waals surface area contributed by atoms with Crippen LogP contribution in [-0.4, -0.2) is 25.7 Å². The maximum Gasteiger partial charge on any atom is 0.230 e. The van der Waals surface area contributed by atoms with Gasteiger partial charge in [0.25, 0.3) is 0 Å². The van der Waals surface area contributed by atoms with Crippen LogP contribution in [0, 0.1) is 6.92 Å². The number of ether oxygens (including phenoxy) is 1. The van der Waals surface area contributed by atoms with Gasteiger partial charge >= 0.3 is 0 Å². The largest absolute Gasteiger partial charge is 0.381 e. The predicted octanol–water partition coefficient (Wildman–Crippen LogP) is 3.40. The normalized spacial score (nSPS) is 16.5. The maximum atomic E-state index is 13.0. The van der Waals surface area contributed by atoms with E-state index in [1.165, 1.54) is 11.1 Å². The third-order valence-corrected chi connectivity index (χ3v) is 4.89.